The summed E-state index contributed by atoms with van der Waals surface area (Å²) >= 11 is 0. The predicted molar refractivity (Wildman–Crippen MR) is 75.1 cm³/mol. The number of carboxylic acid groups (broad SMARTS) is 1. The summed E-state index contributed by atoms with van der Waals surface area (Å²) in [6.07, 6.45) is 1.89. The van der Waals surface area contributed by atoms with E-state index in [1.165, 1.54) is 4.31 Å². The lowest BCUT2D eigenvalue weighted by molar-refractivity contribution is -0.141. The lowest BCUT2D eigenvalue weighted by Gasteiger charge is -2.22. The molecule has 2 N–H and O–H groups in total. The fraction of sp³-hybridized carbons (Fsp3) is 0.917. The quantitative estimate of drug-likeness (QED) is 0.638. The standard InChI is InChI=1S/C12H26N2O4S/c1-5-14(6-2)19(17,18)13-11(4)9-7-8-10(3)12(15)16/h10-11,13H,5-9H2,1-4H3,(H,15,16). The normalized spacial score (nSPS) is 15.4. The van der Waals surface area contributed by atoms with E-state index in [-0.39, 0.29) is 12.0 Å². The Kier molecular flexibility index (Phi) is 8.20. The Balaban J connectivity index is 4.17. The van der Waals surface area contributed by atoms with Crippen LogP contribution in [0.5, 0.6) is 0 Å². The van der Waals surface area contributed by atoms with E-state index >= 15 is 0 Å². The van der Waals surface area contributed by atoms with Gasteiger partial charge in [-0.1, -0.05) is 27.2 Å². The van der Waals surface area contributed by atoms with Gasteiger partial charge in [0.2, 0.25) is 0 Å². The second kappa shape index (κ2) is 8.50. The van der Waals surface area contributed by atoms with Crippen molar-refractivity contribution in [1.82, 2.24) is 9.03 Å². The molecular weight excluding hydrogens is 268 g/mol. The molecule has 0 radical (unpaired) electrons. The molecule has 19 heavy (non-hydrogen) atoms. The summed E-state index contributed by atoms with van der Waals surface area (Å²) in [6, 6.07) is -0.188. The summed E-state index contributed by atoms with van der Waals surface area (Å²) in [6.45, 7) is 7.92. The van der Waals surface area contributed by atoms with Crippen LogP contribution in [-0.4, -0.2) is 42.9 Å². The van der Waals surface area contributed by atoms with Gasteiger partial charge in [0.05, 0.1) is 5.92 Å². The van der Waals surface area contributed by atoms with Crippen LogP contribution in [0.3, 0.4) is 0 Å². The van der Waals surface area contributed by atoms with Crippen molar-refractivity contribution in [2.45, 2.75) is 53.0 Å². The highest BCUT2D eigenvalue weighted by molar-refractivity contribution is 7.87. The second-order valence-corrected chi connectivity index (χ2v) is 6.48. The number of aliphatic carboxylic acids is 1. The monoisotopic (exact) mass is 294 g/mol. The van der Waals surface area contributed by atoms with Gasteiger partial charge < -0.3 is 5.11 Å². The zero-order valence-electron chi connectivity index (χ0n) is 12.2. The predicted octanol–water partition coefficient (Wildman–Crippen LogP) is 1.44. The molecule has 0 amide bonds. The summed E-state index contributed by atoms with van der Waals surface area (Å²) in [4.78, 5) is 10.7. The van der Waals surface area contributed by atoms with Crippen molar-refractivity contribution in [2.75, 3.05) is 13.1 Å². The van der Waals surface area contributed by atoms with E-state index in [4.69, 9.17) is 5.11 Å². The topological polar surface area (TPSA) is 86.7 Å². The van der Waals surface area contributed by atoms with E-state index in [2.05, 4.69) is 4.72 Å². The van der Waals surface area contributed by atoms with Crippen molar-refractivity contribution in [2.24, 2.45) is 5.92 Å². The molecule has 0 heterocycles. The highest BCUT2D eigenvalue weighted by Gasteiger charge is 2.21. The van der Waals surface area contributed by atoms with Crippen LogP contribution in [-0.2, 0) is 15.0 Å². The SMILES string of the molecule is CCN(CC)S(=O)(=O)NC(C)CCCC(C)C(=O)O. The summed E-state index contributed by atoms with van der Waals surface area (Å²) in [7, 11) is -3.42. The van der Waals surface area contributed by atoms with Gasteiger partial charge >= 0.3 is 5.97 Å². The van der Waals surface area contributed by atoms with E-state index in [0.717, 1.165) is 0 Å². The van der Waals surface area contributed by atoms with Crippen molar-refractivity contribution in [3.63, 3.8) is 0 Å². The molecule has 2 unspecified atom stereocenters. The minimum Gasteiger partial charge on any atom is -0.481 e. The van der Waals surface area contributed by atoms with Gasteiger partial charge in [0.1, 0.15) is 0 Å². The van der Waals surface area contributed by atoms with E-state index in [1.54, 1.807) is 27.7 Å². The Morgan fingerprint density at radius 1 is 1.21 bits per heavy atom. The van der Waals surface area contributed by atoms with Gasteiger partial charge in [0.25, 0.3) is 10.2 Å². The van der Waals surface area contributed by atoms with Gasteiger partial charge in [-0.25, -0.2) is 0 Å². The van der Waals surface area contributed by atoms with Gasteiger partial charge in [-0.15, -0.1) is 0 Å². The Morgan fingerprint density at radius 2 is 1.74 bits per heavy atom. The molecule has 0 fully saturated rings. The minimum absolute atomic E-state index is 0.188. The molecule has 7 heteroatoms. The van der Waals surface area contributed by atoms with E-state index in [9.17, 15) is 13.2 Å². The largest absolute Gasteiger partial charge is 0.481 e. The average molecular weight is 294 g/mol. The lowest BCUT2D eigenvalue weighted by Crippen LogP contribution is -2.44. The number of hydrogen-bond acceptors (Lipinski definition) is 3. The Morgan fingerprint density at radius 3 is 2.16 bits per heavy atom. The molecule has 0 aromatic rings. The minimum atomic E-state index is -3.42. The van der Waals surface area contributed by atoms with Crippen LogP contribution in [0.25, 0.3) is 0 Å². The Bertz CT molecular complexity index is 366. The average Bonchev–Trinajstić information content (AvgIpc) is 2.28. The molecule has 0 aliphatic rings. The fourth-order valence-electron chi connectivity index (χ4n) is 1.80. The van der Waals surface area contributed by atoms with Crippen molar-refractivity contribution in [3.05, 3.63) is 0 Å². The van der Waals surface area contributed by atoms with Crippen molar-refractivity contribution in [3.8, 4) is 0 Å². The van der Waals surface area contributed by atoms with Crippen LogP contribution >= 0.6 is 0 Å². The maximum atomic E-state index is 11.9. The van der Waals surface area contributed by atoms with Crippen molar-refractivity contribution < 1.29 is 18.3 Å². The molecule has 0 spiro atoms. The Hall–Kier alpha value is -0.660. The van der Waals surface area contributed by atoms with E-state index < -0.39 is 16.2 Å². The zero-order chi connectivity index (χ0) is 15.1. The fourth-order valence-corrected chi connectivity index (χ4v) is 3.26. The van der Waals surface area contributed by atoms with Crippen LogP contribution in [0.1, 0.15) is 47.0 Å². The highest BCUT2D eigenvalue weighted by atomic mass is 32.2. The molecule has 0 aliphatic carbocycles. The van der Waals surface area contributed by atoms with Gasteiger partial charge in [0, 0.05) is 19.1 Å². The van der Waals surface area contributed by atoms with Gasteiger partial charge in [0.15, 0.2) is 0 Å². The van der Waals surface area contributed by atoms with Crippen molar-refractivity contribution in [1.29, 1.82) is 0 Å². The molecule has 0 aromatic carbocycles. The van der Waals surface area contributed by atoms with Crippen molar-refractivity contribution >= 4 is 16.2 Å². The number of rotatable bonds is 10. The number of nitrogens with zero attached hydrogens (tertiary/aromatic N) is 1. The zero-order valence-corrected chi connectivity index (χ0v) is 13.0. The lowest BCUT2D eigenvalue weighted by atomic mass is 10.0. The third-order valence-corrected chi connectivity index (χ3v) is 4.99. The number of carbonyl (C=O) groups is 1. The maximum Gasteiger partial charge on any atom is 0.306 e. The Labute approximate surface area is 116 Å². The summed E-state index contributed by atoms with van der Waals surface area (Å²) in [5.74, 6) is -1.19. The van der Waals surface area contributed by atoms with E-state index in [0.29, 0.717) is 32.4 Å². The summed E-state index contributed by atoms with van der Waals surface area (Å²) in [5.41, 5.74) is 0. The van der Waals surface area contributed by atoms with Crippen LogP contribution in [0.4, 0.5) is 0 Å². The molecule has 0 rings (SSSR count). The first-order valence-electron chi connectivity index (χ1n) is 6.74. The van der Waals surface area contributed by atoms with Crippen LogP contribution in [0.2, 0.25) is 0 Å². The van der Waals surface area contributed by atoms with Gasteiger partial charge in [-0.3, -0.25) is 4.79 Å². The van der Waals surface area contributed by atoms with Gasteiger partial charge in [-0.2, -0.15) is 17.4 Å². The highest BCUT2D eigenvalue weighted by Crippen LogP contribution is 2.10. The number of nitrogens with one attached hydrogen (secondary N) is 1. The first kappa shape index (κ1) is 18.3. The smallest absolute Gasteiger partial charge is 0.306 e. The summed E-state index contributed by atoms with van der Waals surface area (Å²) in [5, 5.41) is 8.75. The molecular formula is C12H26N2O4S. The third-order valence-electron chi connectivity index (χ3n) is 3.09. The second-order valence-electron chi connectivity index (χ2n) is 4.78. The molecule has 114 valence electrons. The maximum absolute atomic E-state index is 11.9. The van der Waals surface area contributed by atoms with Crippen LogP contribution < -0.4 is 4.72 Å². The number of carboxylic acids is 1. The number of hydrogen-bond donors (Lipinski definition) is 2. The molecule has 0 aliphatic heterocycles. The molecule has 0 aromatic heterocycles. The van der Waals surface area contributed by atoms with Crippen LogP contribution in [0.15, 0.2) is 0 Å². The molecule has 0 saturated heterocycles. The third kappa shape index (κ3) is 6.89. The van der Waals surface area contributed by atoms with E-state index in [1.807, 2.05) is 0 Å². The summed E-state index contributed by atoms with van der Waals surface area (Å²) < 4.78 is 27.8. The molecule has 6 nitrogen and oxygen atoms in total. The molecule has 2 atom stereocenters. The van der Waals surface area contributed by atoms with Gasteiger partial charge in [-0.05, 0) is 19.8 Å². The molecule has 0 bridgehead atoms. The first-order chi connectivity index (χ1) is 8.74. The molecule has 0 saturated carbocycles. The first-order valence-corrected chi connectivity index (χ1v) is 8.18. The van der Waals surface area contributed by atoms with Crippen LogP contribution in [0, 0.1) is 5.92 Å².